The first kappa shape index (κ1) is 13.3. The third-order valence-electron chi connectivity index (χ3n) is 3.74. The van der Waals surface area contributed by atoms with Gasteiger partial charge in [-0.2, -0.15) is 0 Å². The molecule has 0 aromatic rings. The Morgan fingerprint density at radius 1 is 1.44 bits per heavy atom. The van der Waals surface area contributed by atoms with Gasteiger partial charge in [-0.05, 0) is 25.7 Å². The molecule has 18 heavy (non-hydrogen) atoms. The fourth-order valence-electron chi connectivity index (χ4n) is 2.60. The second-order valence-corrected chi connectivity index (χ2v) is 5.25. The van der Waals surface area contributed by atoms with E-state index in [0.29, 0.717) is 25.9 Å². The average Bonchev–Trinajstić information content (AvgIpc) is 2.40. The van der Waals surface area contributed by atoms with Crippen LogP contribution in [-0.2, 0) is 14.3 Å². The van der Waals surface area contributed by atoms with Crippen LogP contribution in [0.3, 0.4) is 0 Å². The fourth-order valence-corrected chi connectivity index (χ4v) is 2.60. The molecule has 2 fully saturated rings. The second kappa shape index (κ2) is 6.18. The topological polar surface area (TPSA) is 58.6 Å². The van der Waals surface area contributed by atoms with Gasteiger partial charge in [-0.1, -0.05) is 0 Å². The maximum Gasteiger partial charge on any atom is 0.227 e. The average molecular weight is 254 g/mol. The van der Waals surface area contributed by atoms with Gasteiger partial charge in [0, 0.05) is 33.2 Å². The van der Waals surface area contributed by atoms with E-state index in [1.165, 1.54) is 6.42 Å². The zero-order chi connectivity index (χ0) is 13.0. The van der Waals surface area contributed by atoms with Crippen LogP contribution < -0.4 is 5.32 Å². The predicted octanol–water partition coefficient (Wildman–Crippen LogP) is 0.540. The SMILES string of the molecule is CN(CC1CCCCO1)C(=O)C1CCC(=O)NC1. The molecule has 2 atom stereocenters. The van der Waals surface area contributed by atoms with Crippen molar-refractivity contribution in [2.45, 2.75) is 38.2 Å². The normalized spacial score (nSPS) is 28.6. The van der Waals surface area contributed by atoms with Crippen LogP contribution in [0.25, 0.3) is 0 Å². The monoisotopic (exact) mass is 254 g/mol. The van der Waals surface area contributed by atoms with Gasteiger partial charge in [-0.15, -0.1) is 0 Å². The van der Waals surface area contributed by atoms with E-state index >= 15 is 0 Å². The number of hydrogen-bond acceptors (Lipinski definition) is 3. The quantitative estimate of drug-likeness (QED) is 0.799. The molecule has 0 aromatic carbocycles. The van der Waals surface area contributed by atoms with Gasteiger partial charge in [0.15, 0.2) is 0 Å². The second-order valence-electron chi connectivity index (χ2n) is 5.25. The summed E-state index contributed by atoms with van der Waals surface area (Å²) >= 11 is 0. The number of rotatable bonds is 3. The Balaban J connectivity index is 1.78. The van der Waals surface area contributed by atoms with Crippen molar-refractivity contribution in [3.63, 3.8) is 0 Å². The first-order valence-corrected chi connectivity index (χ1v) is 6.80. The highest BCUT2D eigenvalue weighted by Crippen LogP contribution is 2.17. The van der Waals surface area contributed by atoms with Crippen LogP contribution in [0.5, 0.6) is 0 Å². The van der Waals surface area contributed by atoms with Gasteiger partial charge < -0.3 is 15.0 Å². The molecule has 2 rings (SSSR count). The molecule has 2 aliphatic rings. The Labute approximate surface area is 108 Å². The van der Waals surface area contributed by atoms with E-state index in [1.807, 2.05) is 7.05 Å². The number of ether oxygens (including phenoxy) is 1. The summed E-state index contributed by atoms with van der Waals surface area (Å²) in [6.07, 6.45) is 4.67. The minimum absolute atomic E-state index is 0.0531. The van der Waals surface area contributed by atoms with Crippen molar-refractivity contribution in [3.8, 4) is 0 Å². The molecule has 0 saturated carbocycles. The first-order valence-electron chi connectivity index (χ1n) is 6.80. The van der Waals surface area contributed by atoms with Crippen molar-refractivity contribution in [3.05, 3.63) is 0 Å². The Morgan fingerprint density at radius 3 is 2.89 bits per heavy atom. The van der Waals surface area contributed by atoms with E-state index < -0.39 is 0 Å². The maximum atomic E-state index is 12.2. The molecule has 0 aromatic heterocycles. The Bertz CT molecular complexity index is 303. The lowest BCUT2D eigenvalue weighted by molar-refractivity contribution is -0.138. The molecule has 5 heteroatoms. The largest absolute Gasteiger partial charge is 0.376 e. The lowest BCUT2D eigenvalue weighted by Gasteiger charge is -2.31. The van der Waals surface area contributed by atoms with Crippen molar-refractivity contribution in [1.29, 1.82) is 0 Å². The van der Waals surface area contributed by atoms with Gasteiger partial charge in [0.25, 0.3) is 0 Å². The molecule has 1 N–H and O–H groups in total. The summed E-state index contributed by atoms with van der Waals surface area (Å²) in [4.78, 5) is 25.0. The highest BCUT2D eigenvalue weighted by molar-refractivity contribution is 5.83. The van der Waals surface area contributed by atoms with Gasteiger partial charge in [0.05, 0.1) is 12.0 Å². The molecule has 2 amide bonds. The van der Waals surface area contributed by atoms with Crippen LogP contribution in [0.4, 0.5) is 0 Å². The molecular weight excluding hydrogens is 232 g/mol. The van der Waals surface area contributed by atoms with Gasteiger partial charge in [-0.25, -0.2) is 0 Å². The number of carbonyl (C=O) groups is 2. The highest BCUT2D eigenvalue weighted by atomic mass is 16.5. The van der Waals surface area contributed by atoms with Crippen LogP contribution in [0.1, 0.15) is 32.1 Å². The zero-order valence-electron chi connectivity index (χ0n) is 11.0. The summed E-state index contributed by atoms with van der Waals surface area (Å²) in [5.74, 6) is 0.123. The van der Waals surface area contributed by atoms with Crippen molar-refractivity contribution in [2.24, 2.45) is 5.92 Å². The van der Waals surface area contributed by atoms with E-state index in [4.69, 9.17) is 4.74 Å². The van der Waals surface area contributed by atoms with Crippen molar-refractivity contribution in [2.75, 3.05) is 26.7 Å². The molecular formula is C13H22N2O3. The molecule has 102 valence electrons. The fraction of sp³-hybridized carbons (Fsp3) is 0.846. The van der Waals surface area contributed by atoms with Crippen molar-refractivity contribution < 1.29 is 14.3 Å². The first-order chi connectivity index (χ1) is 8.66. The lowest BCUT2D eigenvalue weighted by atomic mass is 9.97. The van der Waals surface area contributed by atoms with Gasteiger partial charge >= 0.3 is 0 Å². The van der Waals surface area contributed by atoms with Gasteiger partial charge in [-0.3, -0.25) is 9.59 Å². The number of piperidine rings is 1. The molecule has 5 nitrogen and oxygen atoms in total. The van der Waals surface area contributed by atoms with Crippen LogP contribution in [0, 0.1) is 5.92 Å². The molecule has 2 saturated heterocycles. The van der Waals surface area contributed by atoms with Crippen LogP contribution >= 0.6 is 0 Å². The Morgan fingerprint density at radius 2 is 2.28 bits per heavy atom. The number of nitrogens with zero attached hydrogens (tertiary/aromatic N) is 1. The van der Waals surface area contributed by atoms with Gasteiger partial charge in [0.2, 0.25) is 11.8 Å². The minimum Gasteiger partial charge on any atom is -0.376 e. The van der Waals surface area contributed by atoms with E-state index in [9.17, 15) is 9.59 Å². The molecule has 2 aliphatic heterocycles. The number of nitrogens with one attached hydrogen (secondary N) is 1. The third kappa shape index (κ3) is 3.45. The van der Waals surface area contributed by atoms with E-state index in [2.05, 4.69) is 5.32 Å². The zero-order valence-corrected chi connectivity index (χ0v) is 11.0. The Hall–Kier alpha value is -1.10. The van der Waals surface area contributed by atoms with Gasteiger partial charge in [0.1, 0.15) is 0 Å². The van der Waals surface area contributed by atoms with E-state index in [1.54, 1.807) is 4.90 Å². The smallest absolute Gasteiger partial charge is 0.227 e. The lowest BCUT2D eigenvalue weighted by Crippen LogP contribution is -2.46. The van der Waals surface area contributed by atoms with Crippen LogP contribution in [0.15, 0.2) is 0 Å². The summed E-state index contributed by atoms with van der Waals surface area (Å²) in [5, 5.41) is 2.75. The van der Waals surface area contributed by atoms with Crippen LogP contribution in [0.2, 0.25) is 0 Å². The minimum atomic E-state index is -0.0590. The number of carbonyl (C=O) groups excluding carboxylic acids is 2. The van der Waals surface area contributed by atoms with Crippen molar-refractivity contribution in [1.82, 2.24) is 10.2 Å². The molecule has 0 radical (unpaired) electrons. The molecule has 2 heterocycles. The highest BCUT2D eigenvalue weighted by Gasteiger charge is 2.28. The predicted molar refractivity (Wildman–Crippen MR) is 67.0 cm³/mol. The molecule has 2 unspecified atom stereocenters. The Kier molecular flexibility index (Phi) is 4.58. The number of amides is 2. The van der Waals surface area contributed by atoms with E-state index in [0.717, 1.165) is 19.4 Å². The summed E-state index contributed by atoms with van der Waals surface area (Å²) < 4.78 is 5.64. The standard InChI is InChI=1S/C13H22N2O3/c1-15(9-11-4-2-3-7-18-11)13(17)10-5-6-12(16)14-8-10/h10-11H,2-9H2,1H3,(H,14,16). The summed E-state index contributed by atoms with van der Waals surface area (Å²) in [7, 11) is 1.83. The van der Waals surface area contributed by atoms with E-state index in [-0.39, 0.29) is 23.8 Å². The third-order valence-corrected chi connectivity index (χ3v) is 3.74. The number of likely N-dealkylation sites (N-methyl/N-ethyl adjacent to an activating group) is 1. The summed E-state index contributed by atoms with van der Waals surface area (Å²) in [5.41, 5.74) is 0. The molecule has 0 bridgehead atoms. The van der Waals surface area contributed by atoms with Crippen molar-refractivity contribution >= 4 is 11.8 Å². The number of hydrogen-bond donors (Lipinski definition) is 1. The molecule has 0 spiro atoms. The van der Waals surface area contributed by atoms with Crippen LogP contribution in [-0.4, -0.2) is 49.6 Å². The summed E-state index contributed by atoms with van der Waals surface area (Å²) in [6, 6.07) is 0. The molecule has 0 aliphatic carbocycles. The maximum absolute atomic E-state index is 12.2. The summed E-state index contributed by atoms with van der Waals surface area (Å²) in [6.45, 7) is 1.96.